The average Bonchev–Trinajstić information content (AvgIpc) is 3.04. The molecule has 0 radical (unpaired) electrons. The van der Waals surface area contributed by atoms with Crippen LogP contribution in [0.25, 0.3) is 0 Å². The average molecular weight is 311 g/mol. The Hall–Kier alpha value is -2.49. The van der Waals surface area contributed by atoms with Crippen molar-refractivity contribution >= 4 is 5.91 Å². The zero-order valence-corrected chi connectivity index (χ0v) is 13.2. The van der Waals surface area contributed by atoms with E-state index in [1.165, 1.54) is 12.8 Å². The predicted molar refractivity (Wildman–Crippen MR) is 89.1 cm³/mol. The van der Waals surface area contributed by atoms with Crippen LogP contribution in [0.4, 0.5) is 0 Å². The maximum Gasteiger partial charge on any atom is 0.249 e. The van der Waals surface area contributed by atoms with E-state index in [0.29, 0.717) is 23.2 Å². The van der Waals surface area contributed by atoms with Crippen molar-refractivity contribution in [3.8, 4) is 17.2 Å². The van der Waals surface area contributed by atoms with E-state index in [0.717, 1.165) is 24.2 Å². The second kappa shape index (κ2) is 6.73. The standard InChI is InChI=1S/C19H21NO3/c1-13-6-7-17(12-18(13)19(20)21)23-16-10-8-15(9-11-16)22-14-4-2-3-5-14/h6-12,14H,2-5H2,1H3,(H2,20,21). The second-order valence-corrected chi connectivity index (χ2v) is 5.94. The fourth-order valence-corrected chi connectivity index (χ4v) is 2.85. The molecule has 4 nitrogen and oxygen atoms in total. The van der Waals surface area contributed by atoms with E-state index in [1.54, 1.807) is 6.07 Å². The van der Waals surface area contributed by atoms with Gasteiger partial charge in [-0.3, -0.25) is 4.79 Å². The molecule has 120 valence electrons. The number of carbonyl (C=O) groups excluding carboxylic acids is 1. The molecule has 0 bridgehead atoms. The van der Waals surface area contributed by atoms with E-state index in [1.807, 2.05) is 43.3 Å². The molecule has 0 unspecified atom stereocenters. The number of primary amides is 1. The van der Waals surface area contributed by atoms with Crippen LogP contribution in [-0.2, 0) is 0 Å². The molecule has 23 heavy (non-hydrogen) atoms. The van der Waals surface area contributed by atoms with E-state index in [9.17, 15) is 4.79 Å². The SMILES string of the molecule is Cc1ccc(Oc2ccc(OC3CCCC3)cc2)cc1C(N)=O. The highest BCUT2D eigenvalue weighted by molar-refractivity contribution is 5.94. The van der Waals surface area contributed by atoms with Crippen molar-refractivity contribution in [2.75, 3.05) is 0 Å². The maximum atomic E-state index is 11.4. The summed E-state index contributed by atoms with van der Waals surface area (Å²) in [6, 6.07) is 12.9. The van der Waals surface area contributed by atoms with Crippen LogP contribution in [0.15, 0.2) is 42.5 Å². The predicted octanol–water partition coefficient (Wildman–Crippen LogP) is 4.21. The van der Waals surface area contributed by atoms with Crippen LogP contribution >= 0.6 is 0 Å². The van der Waals surface area contributed by atoms with Gasteiger partial charge in [0.25, 0.3) is 0 Å². The Kier molecular flexibility index (Phi) is 4.51. The summed E-state index contributed by atoms with van der Waals surface area (Å²) in [5.74, 6) is 1.70. The van der Waals surface area contributed by atoms with Crippen molar-refractivity contribution in [3.63, 3.8) is 0 Å². The summed E-state index contributed by atoms with van der Waals surface area (Å²) >= 11 is 0. The fourth-order valence-electron chi connectivity index (χ4n) is 2.85. The third-order valence-corrected chi connectivity index (χ3v) is 4.14. The number of ether oxygens (including phenoxy) is 2. The van der Waals surface area contributed by atoms with Gasteiger partial charge in [-0.1, -0.05) is 6.07 Å². The molecule has 0 atom stereocenters. The summed E-state index contributed by atoms with van der Waals surface area (Å²) in [4.78, 5) is 11.4. The number of hydrogen-bond donors (Lipinski definition) is 1. The summed E-state index contributed by atoms with van der Waals surface area (Å²) in [5.41, 5.74) is 6.68. The lowest BCUT2D eigenvalue weighted by Crippen LogP contribution is -2.12. The molecular weight excluding hydrogens is 290 g/mol. The normalized spacial score (nSPS) is 14.7. The third-order valence-electron chi connectivity index (χ3n) is 4.14. The molecule has 0 heterocycles. The Labute approximate surface area is 136 Å². The molecule has 0 aliphatic heterocycles. The molecule has 1 aliphatic carbocycles. The molecule has 2 aromatic carbocycles. The van der Waals surface area contributed by atoms with Crippen molar-refractivity contribution in [2.24, 2.45) is 5.73 Å². The van der Waals surface area contributed by atoms with Crippen molar-refractivity contribution in [1.82, 2.24) is 0 Å². The zero-order valence-electron chi connectivity index (χ0n) is 13.2. The fraction of sp³-hybridized carbons (Fsp3) is 0.316. The minimum atomic E-state index is -0.451. The van der Waals surface area contributed by atoms with Crippen LogP contribution in [-0.4, -0.2) is 12.0 Å². The first kappa shape index (κ1) is 15.4. The van der Waals surface area contributed by atoms with Gasteiger partial charge in [-0.15, -0.1) is 0 Å². The minimum Gasteiger partial charge on any atom is -0.490 e. The molecule has 1 amide bonds. The van der Waals surface area contributed by atoms with Gasteiger partial charge in [-0.2, -0.15) is 0 Å². The van der Waals surface area contributed by atoms with Gasteiger partial charge in [0.05, 0.1) is 6.10 Å². The van der Waals surface area contributed by atoms with Crippen molar-refractivity contribution < 1.29 is 14.3 Å². The number of aryl methyl sites for hydroxylation is 1. The molecule has 2 aromatic rings. The topological polar surface area (TPSA) is 61.6 Å². The number of hydrogen-bond acceptors (Lipinski definition) is 3. The number of carbonyl (C=O) groups is 1. The van der Waals surface area contributed by atoms with E-state index < -0.39 is 5.91 Å². The Morgan fingerprint density at radius 1 is 1.00 bits per heavy atom. The third kappa shape index (κ3) is 3.83. The Morgan fingerprint density at radius 3 is 2.26 bits per heavy atom. The Morgan fingerprint density at radius 2 is 1.61 bits per heavy atom. The number of benzene rings is 2. The van der Waals surface area contributed by atoms with Gasteiger partial charge < -0.3 is 15.2 Å². The molecule has 0 saturated heterocycles. The van der Waals surface area contributed by atoms with Gasteiger partial charge in [0.2, 0.25) is 5.91 Å². The summed E-state index contributed by atoms with van der Waals surface area (Å²) in [6.45, 7) is 1.85. The Balaban J connectivity index is 1.68. The van der Waals surface area contributed by atoms with E-state index in [4.69, 9.17) is 15.2 Å². The molecule has 0 spiro atoms. The summed E-state index contributed by atoms with van der Waals surface area (Å²) < 4.78 is 11.7. The number of rotatable bonds is 5. The smallest absolute Gasteiger partial charge is 0.249 e. The van der Waals surface area contributed by atoms with E-state index in [-0.39, 0.29) is 0 Å². The Bertz CT molecular complexity index is 688. The van der Waals surface area contributed by atoms with Crippen LogP contribution in [0.2, 0.25) is 0 Å². The highest BCUT2D eigenvalue weighted by Crippen LogP contribution is 2.28. The molecule has 1 fully saturated rings. The molecule has 4 heteroatoms. The summed E-state index contributed by atoms with van der Waals surface area (Å²) in [7, 11) is 0. The van der Waals surface area contributed by atoms with Crippen LogP contribution in [0.1, 0.15) is 41.6 Å². The van der Waals surface area contributed by atoms with Gasteiger partial charge in [0, 0.05) is 5.56 Å². The van der Waals surface area contributed by atoms with Crippen LogP contribution in [0.5, 0.6) is 17.2 Å². The van der Waals surface area contributed by atoms with Gasteiger partial charge in [-0.05, 0) is 74.6 Å². The molecular formula is C19H21NO3. The molecule has 1 saturated carbocycles. The largest absolute Gasteiger partial charge is 0.490 e. The number of nitrogens with two attached hydrogens (primary N) is 1. The second-order valence-electron chi connectivity index (χ2n) is 5.94. The first-order chi connectivity index (χ1) is 11.1. The van der Waals surface area contributed by atoms with E-state index >= 15 is 0 Å². The lowest BCUT2D eigenvalue weighted by molar-refractivity contribution is 0.0999. The first-order valence-corrected chi connectivity index (χ1v) is 7.97. The van der Waals surface area contributed by atoms with Crippen LogP contribution in [0.3, 0.4) is 0 Å². The summed E-state index contributed by atoms with van der Waals surface area (Å²) in [5, 5.41) is 0. The molecule has 3 rings (SSSR count). The number of amides is 1. The minimum absolute atomic E-state index is 0.344. The molecule has 0 aromatic heterocycles. The van der Waals surface area contributed by atoms with Crippen molar-refractivity contribution in [1.29, 1.82) is 0 Å². The first-order valence-electron chi connectivity index (χ1n) is 7.97. The lowest BCUT2D eigenvalue weighted by atomic mass is 10.1. The quantitative estimate of drug-likeness (QED) is 0.900. The van der Waals surface area contributed by atoms with Crippen LogP contribution in [0, 0.1) is 6.92 Å². The van der Waals surface area contributed by atoms with Gasteiger partial charge in [0.1, 0.15) is 17.2 Å². The molecule has 2 N–H and O–H groups in total. The van der Waals surface area contributed by atoms with Crippen molar-refractivity contribution in [3.05, 3.63) is 53.6 Å². The lowest BCUT2D eigenvalue weighted by Gasteiger charge is -2.13. The highest BCUT2D eigenvalue weighted by atomic mass is 16.5. The monoisotopic (exact) mass is 311 g/mol. The highest BCUT2D eigenvalue weighted by Gasteiger charge is 2.16. The van der Waals surface area contributed by atoms with Gasteiger partial charge in [-0.25, -0.2) is 0 Å². The zero-order chi connectivity index (χ0) is 16.2. The van der Waals surface area contributed by atoms with Gasteiger partial charge >= 0.3 is 0 Å². The van der Waals surface area contributed by atoms with Gasteiger partial charge in [0.15, 0.2) is 0 Å². The molecule has 1 aliphatic rings. The van der Waals surface area contributed by atoms with Crippen LogP contribution < -0.4 is 15.2 Å². The van der Waals surface area contributed by atoms with Crippen molar-refractivity contribution in [2.45, 2.75) is 38.7 Å². The summed E-state index contributed by atoms with van der Waals surface area (Å²) in [6.07, 6.45) is 5.12. The maximum absolute atomic E-state index is 11.4. The van der Waals surface area contributed by atoms with E-state index in [2.05, 4.69) is 0 Å².